The Balaban J connectivity index is 2.34. The lowest BCUT2D eigenvalue weighted by molar-refractivity contribution is 1.29. The average Bonchev–Trinajstić information content (AvgIpc) is 2.27. The van der Waals surface area contributed by atoms with Crippen LogP contribution in [0, 0.1) is 6.92 Å². The number of rotatable bonds is 2. The number of nitrogens with zero attached hydrogens (tertiary/aromatic N) is 1. The van der Waals surface area contributed by atoms with Gasteiger partial charge >= 0.3 is 0 Å². The van der Waals surface area contributed by atoms with Crippen LogP contribution in [-0.2, 0) is 0 Å². The van der Waals surface area contributed by atoms with Gasteiger partial charge in [-0.1, -0.05) is 29.3 Å². The number of hydrogen-bond donors (Lipinski definition) is 1. The molecule has 0 unspecified atom stereocenters. The van der Waals surface area contributed by atoms with Crippen molar-refractivity contribution in [2.75, 3.05) is 5.32 Å². The first-order valence-electron chi connectivity index (χ1n) is 4.90. The van der Waals surface area contributed by atoms with Crippen LogP contribution in [0.3, 0.4) is 0 Å². The molecule has 0 aliphatic carbocycles. The largest absolute Gasteiger partial charge is 0.338 e. The van der Waals surface area contributed by atoms with Crippen molar-refractivity contribution in [1.29, 1.82) is 0 Å². The van der Waals surface area contributed by atoms with E-state index in [0.717, 1.165) is 15.7 Å². The monoisotopic (exact) mass is 330 g/mol. The smallest absolute Gasteiger partial charge is 0.144 e. The summed E-state index contributed by atoms with van der Waals surface area (Å²) in [7, 11) is 0. The molecule has 0 fully saturated rings. The summed E-state index contributed by atoms with van der Waals surface area (Å²) < 4.78 is 0.794. The van der Waals surface area contributed by atoms with Gasteiger partial charge in [0.2, 0.25) is 0 Å². The van der Waals surface area contributed by atoms with Crippen molar-refractivity contribution in [3.05, 3.63) is 50.5 Å². The minimum absolute atomic E-state index is 0.581. The molecule has 0 saturated carbocycles. The normalized spacial score (nSPS) is 10.4. The van der Waals surface area contributed by atoms with E-state index in [-0.39, 0.29) is 0 Å². The molecule has 0 atom stereocenters. The van der Waals surface area contributed by atoms with Gasteiger partial charge in [0.15, 0.2) is 0 Å². The van der Waals surface area contributed by atoms with Crippen LogP contribution in [0.15, 0.2) is 34.9 Å². The minimum Gasteiger partial charge on any atom is -0.338 e. The first kappa shape index (κ1) is 12.7. The summed E-state index contributed by atoms with van der Waals surface area (Å²) in [5.74, 6) is 0.682. The van der Waals surface area contributed by atoms with Crippen molar-refractivity contribution in [1.82, 2.24) is 4.98 Å². The summed E-state index contributed by atoms with van der Waals surface area (Å²) in [5, 5.41) is 4.39. The zero-order chi connectivity index (χ0) is 12.4. The van der Waals surface area contributed by atoms with Crippen molar-refractivity contribution in [2.24, 2.45) is 0 Å². The van der Waals surface area contributed by atoms with Crippen molar-refractivity contribution in [3.63, 3.8) is 0 Å². The van der Waals surface area contributed by atoms with Crippen LogP contribution in [0.4, 0.5) is 11.5 Å². The van der Waals surface area contributed by atoms with Gasteiger partial charge in [-0.05, 0) is 46.6 Å². The quantitative estimate of drug-likeness (QED) is 0.817. The van der Waals surface area contributed by atoms with Gasteiger partial charge in [-0.3, -0.25) is 0 Å². The second-order valence-electron chi connectivity index (χ2n) is 3.59. The molecule has 2 aromatic rings. The summed E-state index contributed by atoms with van der Waals surface area (Å²) in [5.41, 5.74) is 1.95. The molecule has 0 spiro atoms. The van der Waals surface area contributed by atoms with E-state index < -0.39 is 0 Å². The Morgan fingerprint density at radius 2 is 2.00 bits per heavy atom. The standard InChI is InChI=1S/C12H9BrCl2N2/c1-7-2-3-10(15)11(4-7)17-12-9(13)5-8(14)6-16-12/h2-6H,1H3,(H,16,17). The van der Waals surface area contributed by atoms with Crippen molar-refractivity contribution in [3.8, 4) is 0 Å². The highest BCUT2D eigenvalue weighted by molar-refractivity contribution is 9.10. The van der Waals surface area contributed by atoms with Gasteiger partial charge in [-0.2, -0.15) is 0 Å². The molecule has 2 nitrogen and oxygen atoms in total. The predicted octanol–water partition coefficient (Wildman–Crippen LogP) is 5.20. The number of hydrogen-bond acceptors (Lipinski definition) is 2. The molecule has 88 valence electrons. The molecule has 1 N–H and O–H groups in total. The summed E-state index contributed by atoms with van der Waals surface area (Å²) >= 11 is 15.3. The third kappa shape index (κ3) is 3.12. The van der Waals surface area contributed by atoms with Gasteiger partial charge in [0.25, 0.3) is 0 Å². The highest BCUT2D eigenvalue weighted by Gasteiger charge is 2.06. The number of halogens is 3. The number of pyridine rings is 1. The van der Waals surface area contributed by atoms with Gasteiger partial charge in [-0.15, -0.1) is 0 Å². The van der Waals surface area contributed by atoms with E-state index in [0.29, 0.717) is 15.9 Å². The first-order chi connectivity index (χ1) is 8.06. The van der Waals surface area contributed by atoms with E-state index in [4.69, 9.17) is 23.2 Å². The van der Waals surface area contributed by atoms with E-state index in [2.05, 4.69) is 26.2 Å². The fourth-order valence-electron chi connectivity index (χ4n) is 1.37. The van der Waals surface area contributed by atoms with Crippen LogP contribution in [-0.4, -0.2) is 4.98 Å². The minimum atomic E-state index is 0.581. The maximum atomic E-state index is 6.10. The molecule has 0 aliphatic heterocycles. The highest BCUT2D eigenvalue weighted by atomic mass is 79.9. The Morgan fingerprint density at radius 1 is 1.24 bits per heavy atom. The fraction of sp³-hybridized carbons (Fsp3) is 0.0833. The number of nitrogens with one attached hydrogen (secondary N) is 1. The van der Waals surface area contributed by atoms with E-state index >= 15 is 0 Å². The maximum Gasteiger partial charge on any atom is 0.144 e. The molecular weight excluding hydrogens is 323 g/mol. The van der Waals surface area contributed by atoms with E-state index in [1.54, 1.807) is 12.3 Å². The lowest BCUT2D eigenvalue weighted by Crippen LogP contribution is -1.95. The maximum absolute atomic E-state index is 6.10. The van der Waals surface area contributed by atoms with Crippen LogP contribution in [0.5, 0.6) is 0 Å². The third-order valence-corrected chi connectivity index (χ3v) is 3.32. The molecule has 2 rings (SSSR count). The summed E-state index contributed by atoms with van der Waals surface area (Å²) in [6, 6.07) is 7.55. The Hall–Kier alpha value is -0.770. The zero-order valence-electron chi connectivity index (χ0n) is 8.97. The predicted molar refractivity (Wildman–Crippen MR) is 76.4 cm³/mol. The molecule has 0 aliphatic rings. The molecule has 0 radical (unpaired) electrons. The lowest BCUT2D eigenvalue weighted by atomic mass is 10.2. The molecule has 17 heavy (non-hydrogen) atoms. The highest BCUT2D eigenvalue weighted by Crippen LogP contribution is 2.30. The van der Waals surface area contributed by atoms with Gasteiger partial charge in [-0.25, -0.2) is 4.98 Å². The molecular formula is C12H9BrCl2N2. The van der Waals surface area contributed by atoms with Crippen molar-refractivity contribution in [2.45, 2.75) is 6.92 Å². The SMILES string of the molecule is Cc1ccc(Cl)c(Nc2ncc(Cl)cc2Br)c1. The first-order valence-corrected chi connectivity index (χ1v) is 6.45. The van der Waals surface area contributed by atoms with Gasteiger partial charge in [0, 0.05) is 6.20 Å². The van der Waals surface area contributed by atoms with E-state index in [1.165, 1.54) is 0 Å². The average molecular weight is 332 g/mol. The second kappa shape index (κ2) is 5.25. The Labute approximate surface area is 118 Å². The molecule has 0 amide bonds. The molecule has 1 aromatic carbocycles. The zero-order valence-corrected chi connectivity index (χ0v) is 12.1. The van der Waals surface area contributed by atoms with Crippen molar-refractivity contribution < 1.29 is 0 Å². The lowest BCUT2D eigenvalue weighted by Gasteiger charge is -2.10. The Bertz CT molecular complexity index is 558. The Kier molecular flexibility index (Phi) is 3.92. The third-order valence-electron chi connectivity index (χ3n) is 2.18. The molecule has 0 saturated heterocycles. The second-order valence-corrected chi connectivity index (χ2v) is 5.29. The van der Waals surface area contributed by atoms with Crippen LogP contribution in [0.1, 0.15) is 5.56 Å². The van der Waals surface area contributed by atoms with Crippen LogP contribution in [0.25, 0.3) is 0 Å². The van der Waals surface area contributed by atoms with Gasteiger partial charge in [0.05, 0.1) is 20.2 Å². The van der Waals surface area contributed by atoms with Crippen LogP contribution in [0.2, 0.25) is 10.0 Å². The van der Waals surface area contributed by atoms with Crippen LogP contribution >= 0.6 is 39.1 Å². The number of benzene rings is 1. The summed E-state index contributed by atoms with van der Waals surface area (Å²) in [4.78, 5) is 4.20. The summed E-state index contributed by atoms with van der Waals surface area (Å²) in [6.07, 6.45) is 1.58. The van der Waals surface area contributed by atoms with Gasteiger partial charge < -0.3 is 5.32 Å². The molecule has 5 heteroatoms. The van der Waals surface area contributed by atoms with E-state index in [9.17, 15) is 0 Å². The molecule has 1 heterocycles. The summed E-state index contributed by atoms with van der Waals surface area (Å²) in [6.45, 7) is 2.01. The van der Waals surface area contributed by atoms with Gasteiger partial charge in [0.1, 0.15) is 5.82 Å². The Morgan fingerprint density at radius 3 is 2.71 bits per heavy atom. The topological polar surface area (TPSA) is 24.9 Å². The number of aryl methyl sites for hydroxylation is 1. The molecule has 1 aromatic heterocycles. The number of anilines is 2. The van der Waals surface area contributed by atoms with E-state index in [1.807, 2.05) is 25.1 Å². The fourth-order valence-corrected chi connectivity index (χ4v) is 2.27. The molecule has 0 bridgehead atoms. The number of aromatic nitrogens is 1. The van der Waals surface area contributed by atoms with Crippen molar-refractivity contribution >= 4 is 50.6 Å². The van der Waals surface area contributed by atoms with Crippen LogP contribution < -0.4 is 5.32 Å².